The normalized spacial score (nSPS) is 9.80. The van der Waals surface area contributed by atoms with Crippen LogP contribution in [-0.4, -0.2) is 0 Å². The molecule has 0 radical (unpaired) electrons. The molecule has 1 rings (SSSR count). The van der Waals surface area contributed by atoms with Crippen LogP contribution in [0.25, 0.3) is 0 Å². The number of hydrogen-bond donors (Lipinski definition) is 1. The first kappa shape index (κ1) is 8.33. The first-order valence-corrected chi connectivity index (χ1v) is 5.16. The summed E-state index contributed by atoms with van der Waals surface area (Å²) in [5.41, 5.74) is 7.64. The van der Waals surface area contributed by atoms with Gasteiger partial charge in [-0.2, -0.15) is 0 Å². The van der Waals surface area contributed by atoms with E-state index in [1.54, 1.807) is 0 Å². The highest BCUT2D eigenvalue weighted by Gasteiger charge is 1.96. The highest BCUT2D eigenvalue weighted by Crippen LogP contribution is 2.21. The topological polar surface area (TPSA) is 26.0 Å². The summed E-state index contributed by atoms with van der Waals surface area (Å²) < 4.78 is 2.11. The van der Waals surface area contributed by atoms with Gasteiger partial charge in [-0.05, 0) is 17.7 Å². The molecule has 54 valence electrons. The van der Waals surface area contributed by atoms with E-state index in [4.69, 9.17) is 5.73 Å². The molecule has 0 saturated heterocycles. The second-order valence-corrected chi connectivity index (χ2v) is 3.60. The molecule has 1 aromatic carbocycles. The molecule has 3 heteroatoms. The second kappa shape index (κ2) is 3.57. The molecule has 0 saturated carbocycles. The van der Waals surface area contributed by atoms with Crippen molar-refractivity contribution in [3.63, 3.8) is 0 Å². The zero-order valence-electron chi connectivity index (χ0n) is 5.27. The Labute approximate surface area is 82.3 Å². The first-order chi connectivity index (χ1) is 4.74. The van der Waals surface area contributed by atoms with Gasteiger partial charge in [0, 0.05) is 14.6 Å². The summed E-state index contributed by atoms with van der Waals surface area (Å²) in [5.74, 6) is 0. The summed E-state index contributed by atoms with van der Waals surface area (Å²) in [6, 6.07) is 5.87. The number of nitrogen functional groups attached to an aromatic ring is 1. The maximum Gasteiger partial charge on any atom is 0.0325 e. The molecular weight excluding hydrogens is 305 g/mol. The van der Waals surface area contributed by atoms with Crippen molar-refractivity contribution in [1.82, 2.24) is 0 Å². The van der Waals surface area contributed by atoms with E-state index >= 15 is 0 Å². The fourth-order valence-electron chi connectivity index (χ4n) is 0.672. The van der Waals surface area contributed by atoms with Crippen molar-refractivity contribution in [3.05, 3.63) is 28.2 Å². The summed E-state index contributed by atoms with van der Waals surface area (Å²) in [4.78, 5) is 0. The van der Waals surface area contributed by atoms with Gasteiger partial charge in [-0.1, -0.05) is 44.6 Å². The number of halogens is 2. The van der Waals surface area contributed by atoms with Crippen LogP contribution in [0.5, 0.6) is 0 Å². The van der Waals surface area contributed by atoms with Gasteiger partial charge in [0.2, 0.25) is 0 Å². The van der Waals surface area contributed by atoms with Gasteiger partial charge in [-0.15, -0.1) is 0 Å². The van der Waals surface area contributed by atoms with Gasteiger partial charge in [-0.3, -0.25) is 0 Å². The molecule has 0 aliphatic heterocycles. The van der Waals surface area contributed by atoms with Crippen LogP contribution < -0.4 is 5.73 Å². The third kappa shape index (κ3) is 1.85. The zero-order chi connectivity index (χ0) is 7.56. The van der Waals surface area contributed by atoms with Gasteiger partial charge in [-0.25, -0.2) is 0 Å². The van der Waals surface area contributed by atoms with E-state index < -0.39 is 0 Å². The fraction of sp³-hybridized carbons (Fsp3) is 0.143. The van der Waals surface area contributed by atoms with Crippen molar-refractivity contribution >= 4 is 44.2 Å². The lowest BCUT2D eigenvalue weighted by Gasteiger charge is -1.99. The summed E-state index contributed by atoms with van der Waals surface area (Å²) >= 11 is 5.74. The average molecular weight is 312 g/mol. The molecule has 1 nitrogen and oxygen atoms in total. The van der Waals surface area contributed by atoms with Crippen LogP contribution in [0.1, 0.15) is 5.56 Å². The highest BCUT2D eigenvalue weighted by molar-refractivity contribution is 14.1. The largest absolute Gasteiger partial charge is 0.399 e. The third-order valence-electron chi connectivity index (χ3n) is 1.22. The van der Waals surface area contributed by atoms with Crippen LogP contribution in [0.15, 0.2) is 22.7 Å². The Morgan fingerprint density at radius 3 is 2.70 bits per heavy atom. The molecular formula is C7H7BrIN. The lowest BCUT2D eigenvalue weighted by molar-refractivity contribution is 1.42. The molecule has 2 N–H and O–H groups in total. The fourth-order valence-corrected chi connectivity index (χ4v) is 2.40. The molecule has 0 amide bonds. The Balaban J connectivity index is 3.07. The summed E-state index contributed by atoms with van der Waals surface area (Å²) in [7, 11) is 0. The number of benzene rings is 1. The SMILES string of the molecule is Nc1ccc(CI)c(Br)c1. The van der Waals surface area contributed by atoms with Gasteiger partial charge in [0.15, 0.2) is 0 Å². The number of rotatable bonds is 1. The molecule has 0 fully saturated rings. The maximum atomic E-state index is 5.55. The quantitative estimate of drug-likeness (QED) is 0.482. The number of anilines is 1. The van der Waals surface area contributed by atoms with Crippen LogP contribution in [0.4, 0.5) is 5.69 Å². The lowest BCUT2D eigenvalue weighted by Crippen LogP contribution is -1.86. The van der Waals surface area contributed by atoms with Crippen molar-refractivity contribution in [2.24, 2.45) is 0 Å². The summed E-state index contributed by atoms with van der Waals surface area (Å²) in [6.07, 6.45) is 0. The molecule has 10 heavy (non-hydrogen) atoms. The minimum absolute atomic E-state index is 0.806. The Bertz CT molecular complexity index is 237. The number of hydrogen-bond acceptors (Lipinski definition) is 1. The first-order valence-electron chi connectivity index (χ1n) is 2.84. The molecule has 0 aromatic heterocycles. The summed E-state index contributed by atoms with van der Waals surface area (Å²) in [5, 5.41) is 0. The van der Waals surface area contributed by atoms with E-state index in [0.717, 1.165) is 14.6 Å². The van der Waals surface area contributed by atoms with E-state index in [9.17, 15) is 0 Å². The molecule has 0 unspecified atom stereocenters. The molecule has 1 aromatic rings. The lowest BCUT2D eigenvalue weighted by atomic mass is 10.2. The van der Waals surface area contributed by atoms with Crippen LogP contribution in [0, 0.1) is 0 Å². The van der Waals surface area contributed by atoms with Gasteiger partial charge in [0.05, 0.1) is 0 Å². The monoisotopic (exact) mass is 311 g/mol. The molecule has 0 atom stereocenters. The van der Waals surface area contributed by atoms with E-state index in [1.807, 2.05) is 18.2 Å². The van der Waals surface area contributed by atoms with Crippen molar-refractivity contribution in [2.75, 3.05) is 5.73 Å². The predicted octanol–water partition coefficient (Wildman–Crippen LogP) is 2.97. The Morgan fingerprint density at radius 2 is 2.20 bits per heavy atom. The Hall–Kier alpha value is 0.230. The number of nitrogens with two attached hydrogens (primary N) is 1. The van der Waals surface area contributed by atoms with Gasteiger partial charge in [0.1, 0.15) is 0 Å². The van der Waals surface area contributed by atoms with E-state index in [2.05, 4.69) is 38.5 Å². The minimum Gasteiger partial charge on any atom is -0.399 e. The molecule has 0 aliphatic rings. The van der Waals surface area contributed by atoms with Crippen molar-refractivity contribution in [3.8, 4) is 0 Å². The van der Waals surface area contributed by atoms with Crippen LogP contribution >= 0.6 is 38.5 Å². The summed E-state index contributed by atoms with van der Waals surface area (Å²) in [6.45, 7) is 0. The van der Waals surface area contributed by atoms with E-state index in [0.29, 0.717) is 0 Å². The highest BCUT2D eigenvalue weighted by atomic mass is 127. The second-order valence-electron chi connectivity index (χ2n) is 1.98. The average Bonchev–Trinajstić information content (AvgIpc) is 1.88. The van der Waals surface area contributed by atoms with Crippen molar-refractivity contribution < 1.29 is 0 Å². The van der Waals surface area contributed by atoms with Gasteiger partial charge >= 0.3 is 0 Å². The van der Waals surface area contributed by atoms with E-state index in [-0.39, 0.29) is 0 Å². The molecule has 0 aliphatic carbocycles. The molecule has 0 heterocycles. The minimum atomic E-state index is 0.806. The maximum absolute atomic E-state index is 5.55. The van der Waals surface area contributed by atoms with Crippen LogP contribution in [-0.2, 0) is 4.43 Å². The van der Waals surface area contributed by atoms with Crippen molar-refractivity contribution in [2.45, 2.75) is 4.43 Å². The predicted molar refractivity (Wildman–Crippen MR) is 56.3 cm³/mol. The van der Waals surface area contributed by atoms with Gasteiger partial charge < -0.3 is 5.73 Å². The van der Waals surface area contributed by atoms with Crippen molar-refractivity contribution in [1.29, 1.82) is 0 Å². The third-order valence-corrected chi connectivity index (χ3v) is 2.78. The van der Waals surface area contributed by atoms with E-state index in [1.165, 1.54) is 5.56 Å². The van der Waals surface area contributed by atoms with Crippen LogP contribution in [0.3, 0.4) is 0 Å². The zero-order valence-corrected chi connectivity index (χ0v) is 9.02. The smallest absolute Gasteiger partial charge is 0.0325 e. The number of alkyl halides is 1. The van der Waals surface area contributed by atoms with Crippen LogP contribution in [0.2, 0.25) is 0 Å². The molecule has 0 bridgehead atoms. The Morgan fingerprint density at radius 1 is 1.50 bits per heavy atom. The Kier molecular flexibility index (Phi) is 2.97. The standard InChI is InChI=1S/C7H7BrIN/c8-7-3-6(10)2-1-5(7)4-9/h1-3H,4,10H2. The van der Waals surface area contributed by atoms with Gasteiger partial charge in [0.25, 0.3) is 0 Å². The molecule has 0 spiro atoms.